The Hall–Kier alpha value is -2.70. The first-order chi connectivity index (χ1) is 16.6. The maximum Gasteiger partial charge on any atom is 0.335 e. The number of benzene rings is 2. The molecule has 2 aromatic carbocycles. The molecule has 0 N–H and O–H groups in total. The Morgan fingerprint density at radius 3 is 2.32 bits per heavy atom. The van der Waals surface area contributed by atoms with Gasteiger partial charge in [0.15, 0.2) is 0 Å². The number of carbonyl (C=O) groups excluding carboxylic acids is 2. The van der Waals surface area contributed by atoms with E-state index in [1.54, 1.807) is 11.8 Å². The van der Waals surface area contributed by atoms with Crippen molar-refractivity contribution in [3.63, 3.8) is 0 Å². The van der Waals surface area contributed by atoms with Crippen LogP contribution in [0.5, 0.6) is 0 Å². The van der Waals surface area contributed by atoms with E-state index in [-0.39, 0.29) is 17.7 Å². The lowest BCUT2D eigenvalue weighted by Gasteiger charge is -2.18. The lowest BCUT2D eigenvalue weighted by molar-refractivity contribution is -0.144. The molecule has 1 aromatic heterocycles. The van der Waals surface area contributed by atoms with Crippen LogP contribution in [0.15, 0.2) is 81.0 Å². The molecule has 3 aromatic rings. The number of nitrogens with zero attached hydrogens (tertiary/aromatic N) is 1. The number of hydrogen-bond acceptors (Lipinski definition) is 6. The van der Waals surface area contributed by atoms with Crippen molar-refractivity contribution in [3.8, 4) is 0 Å². The van der Waals surface area contributed by atoms with E-state index in [1.165, 1.54) is 37.0 Å². The molecule has 1 saturated carbocycles. The zero-order valence-electron chi connectivity index (χ0n) is 19.2. The fraction of sp³-hybridized carbons (Fsp3) is 0.321. The van der Waals surface area contributed by atoms with Gasteiger partial charge in [-0.15, -0.1) is 11.3 Å². The Morgan fingerprint density at radius 1 is 1.03 bits per heavy atom. The SMILES string of the molecule is C=NOC(=O)CC(CCC1CCCC1)c1ccc(Sc2ccc(C(=O)c3cccs3)cc2)cc1. The van der Waals surface area contributed by atoms with Crippen LogP contribution < -0.4 is 0 Å². The number of hydrogen-bond donors (Lipinski definition) is 0. The first kappa shape index (κ1) is 24.4. The van der Waals surface area contributed by atoms with Crippen LogP contribution in [0.2, 0.25) is 0 Å². The molecule has 34 heavy (non-hydrogen) atoms. The van der Waals surface area contributed by atoms with Gasteiger partial charge in [-0.2, -0.15) is 0 Å². The Balaban J connectivity index is 1.39. The monoisotopic (exact) mass is 491 g/mol. The summed E-state index contributed by atoms with van der Waals surface area (Å²) in [5.41, 5.74) is 1.86. The Labute approximate surface area is 209 Å². The van der Waals surface area contributed by atoms with Crippen molar-refractivity contribution in [2.24, 2.45) is 11.1 Å². The maximum atomic E-state index is 12.5. The van der Waals surface area contributed by atoms with Crippen molar-refractivity contribution in [2.45, 2.75) is 60.7 Å². The Morgan fingerprint density at radius 2 is 1.71 bits per heavy atom. The Bertz CT molecular complexity index is 1090. The molecule has 0 spiro atoms. The van der Waals surface area contributed by atoms with E-state index >= 15 is 0 Å². The molecule has 176 valence electrons. The second-order valence-corrected chi connectivity index (χ2v) is 10.8. The van der Waals surface area contributed by atoms with Gasteiger partial charge in [-0.3, -0.25) is 4.79 Å². The first-order valence-electron chi connectivity index (χ1n) is 11.7. The van der Waals surface area contributed by atoms with Crippen LogP contribution >= 0.6 is 23.1 Å². The molecular formula is C28H29NO3S2. The van der Waals surface area contributed by atoms with Crippen LogP contribution in [0, 0.1) is 5.92 Å². The predicted molar refractivity (Wildman–Crippen MR) is 139 cm³/mol. The van der Waals surface area contributed by atoms with Gasteiger partial charge in [-0.05, 0) is 78.1 Å². The molecule has 1 aliphatic rings. The summed E-state index contributed by atoms with van der Waals surface area (Å²) >= 11 is 3.12. The van der Waals surface area contributed by atoms with E-state index in [0.29, 0.717) is 12.0 Å². The van der Waals surface area contributed by atoms with Gasteiger partial charge < -0.3 is 4.84 Å². The molecule has 1 atom stereocenters. The van der Waals surface area contributed by atoms with Gasteiger partial charge in [-0.1, -0.05) is 60.8 Å². The summed E-state index contributed by atoms with van der Waals surface area (Å²) < 4.78 is 0. The second kappa shape index (κ2) is 12.1. The van der Waals surface area contributed by atoms with Crippen molar-refractivity contribution in [1.29, 1.82) is 0 Å². The quantitative estimate of drug-likeness (QED) is 0.119. The molecule has 0 bridgehead atoms. The van der Waals surface area contributed by atoms with Crippen LogP contribution in [0.1, 0.15) is 71.7 Å². The molecule has 1 heterocycles. The zero-order valence-corrected chi connectivity index (χ0v) is 20.8. The van der Waals surface area contributed by atoms with E-state index in [2.05, 4.69) is 36.1 Å². The molecule has 4 rings (SSSR count). The fourth-order valence-corrected chi connectivity index (χ4v) is 6.10. The number of carbonyl (C=O) groups is 2. The average Bonchev–Trinajstić information content (AvgIpc) is 3.57. The topological polar surface area (TPSA) is 55.7 Å². The van der Waals surface area contributed by atoms with E-state index < -0.39 is 0 Å². The highest BCUT2D eigenvalue weighted by Crippen LogP contribution is 2.35. The van der Waals surface area contributed by atoms with Crippen molar-refractivity contribution < 1.29 is 14.4 Å². The summed E-state index contributed by atoms with van der Waals surface area (Å²) in [7, 11) is 0. The largest absolute Gasteiger partial charge is 0.335 e. The van der Waals surface area contributed by atoms with Gasteiger partial charge in [0.1, 0.15) is 0 Å². The smallest absolute Gasteiger partial charge is 0.319 e. The molecule has 0 aliphatic heterocycles. The lowest BCUT2D eigenvalue weighted by atomic mass is 9.87. The molecular weight excluding hydrogens is 462 g/mol. The third-order valence-electron chi connectivity index (χ3n) is 6.43. The van der Waals surface area contributed by atoms with Gasteiger partial charge in [0.05, 0.1) is 11.3 Å². The number of rotatable bonds is 11. The van der Waals surface area contributed by atoms with E-state index in [9.17, 15) is 9.59 Å². The molecule has 4 nitrogen and oxygen atoms in total. The first-order valence-corrected chi connectivity index (χ1v) is 13.4. The zero-order chi connectivity index (χ0) is 23.8. The standard InChI is InChI=1S/C28H29NO3S2/c1-29-32-27(30)19-23(9-8-20-5-2-3-6-20)21-10-14-24(15-11-21)34-25-16-12-22(13-17-25)28(31)26-7-4-18-33-26/h4,7,10-18,20,23H,1-3,5-6,8-9,19H2. The molecule has 1 fully saturated rings. The minimum absolute atomic E-state index is 0.0599. The summed E-state index contributed by atoms with van der Waals surface area (Å²) in [4.78, 5) is 32.3. The van der Waals surface area contributed by atoms with Gasteiger partial charge >= 0.3 is 5.97 Å². The highest BCUT2D eigenvalue weighted by Gasteiger charge is 2.21. The molecule has 0 amide bonds. The third-order valence-corrected chi connectivity index (χ3v) is 8.31. The molecule has 0 radical (unpaired) electrons. The molecule has 0 saturated heterocycles. The lowest BCUT2D eigenvalue weighted by Crippen LogP contribution is -2.10. The Kier molecular flexibility index (Phi) is 8.72. The minimum Gasteiger partial charge on any atom is -0.319 e. The summed E-state index contributed by atoms with van der Waals surface area (Å²) in [6, 6.07) is 19.9. The van der Waals surface area contributed by atoms with Crippen LogP contribution in [-0.4, -0.2) is 18.5 Å². The number of thiophene rings is 1. The van der Waals surface area contributed by atoms with Crippen LogP contribution in [-0.2, 0) is 9.63 Å². The van der Waals surface area contributed by atoms with Crippen LogP contribution in [0.3, 0.4) is 0 Å². The maximum absolute atomic E-state index is 12.5. The van der Waals surface area contributed by atoms with Crippen molar-refractivity contribution in [1.82, 2.24) is 0 Å². The van der Waals surface area contributed by atoms with Crippen molar-refractivity contribution in [2.75, 3.05) is 0 Å². The van der Waals surface area contributed by atoms with Crippen LogP contribution in [0.25, 0.3) is 0 Å². The molecule has 1 unspecified atom stereocenters. The third kappa shape index (κ3) is 6.67. The van der Waals surface area contributed by atoms with E-state index in [4.69, 9.17) is 4.84 Å². The summed E-state index contributed by atoms with van der Waals surface area (Å²) in [6.45, 7) is 3.26. The highest BCUT2D eigenvalue weighted by molar-refractivity contribution is 7.99. The minimum atomic E-state index is -0.331. The molecule has 1 aliphatic carbocycles. The second-order valence-electron chi connectivity index (χ2n) is 8.72. The van der Waals surface area contributed by atoms with Gasteiger partial charge in [0.2, 0.25) is 5.78 Å². The van der Waals surface area contributed by atoms with Crippen LogP contribution in [0.4, 0.5) is 0 Å². The summed E-state index contributed by atoms with van der Waals surface area (Å²) in [5, 5.41) is 5.21. The van der Waals surface area contributed by atoms with E-state index in [0.717, 1.165) is 39.0 Å². The molecule has 6 heteroatoms. The van der Waals surface area contributed by atoms with E-state index in [1.807, 2.05) is 41.8 Å². The number of oxime groups is 1. The highest BCUT2D eigenvalue weighted by atomic mass is 32.2. The number of ketones is 1. The summed E-state index contributed by atoms with van der Waals surface area (Å²) in [6.07, 6.45) is 7.70. The normalized spacial score (nSPS) is 14.6. The van der Waals surface area contributed by atoms with Gasteiger partial charge in [0.25, 0.3) is 0 Å². The van der Waals surface area contributed by atoms with Gasteiger partial charge in [0, 0.05) is 22.1 Å². The predicted octanol–water partition coefficient (Wildman–Crippen LogP) is 7.73. The van der Waals surface area contributed by atoms with Gasteiger partial charge in [-0.25, -0.2) is 4.79 Å². The van der Waals surface area contributed by atoms with Crippen molar-refractivity contribution in [3.05, 3.63) is 82.0 Å². The fourth-order valence-electron chi connectivity index (χ4n) is 4.60. The average molecular weight is 492 g/mol. The van der Waals surface area contributed by atoms with Crippen molar-refractivity contribution >= 4 is 41.6 Å². The summed E-state index contributed by atoms with van der Waals surface area (Å²) in [5.74, 6) is 0.629.